The highest BCUT2D eigenvalue weighted by atomic mass is 16.5. The summed E-state index contributed by atoms with van der Waals surface area (Å²) in [5.41, 5.74) is 0. The number of hydrogen-bond donors (Lipinski definition) is 1. The molecule has 1 unspecified atom stereocenters. The van der Waals surface area contributed by atoms with Gasteiger partial charge in [-0.3, -0.25) is 0 Å². The third-order valence-electron chi connectivity index (χ3n) is 2.44. The van der Waals surface area contributed by atoms with E-state index in [0.717, 1.165) is 19.6 Å². The molecule has 1 N–H and O–H groups in total. The number of ether oxygens (including phenoxy) is 1. The van der Waals surface area contributed by atoms with E-state index >= 15 is 0 Å². The van der Waals surface area contributed by atoms with Crippen LogP contribution in [-0.2, 0) is 4.74 Å². The largest absolute Gasteiger partial charge is 0.453 e. The van der Waals surface area contributed by atoms with Crippen molar-refractivity contribution in [2.45, 2.75) is 19.9 Å². The first-order chi connectivity index (χ1) is 6.15. The lowest BCUT2D eigenvalue weighted by Gasteiger charge is -2.34. The minimum absolute atomic E-state index is 0.216. The van der Waals surface area contributed by atoms with Crippen molar-refractivity contribution >= 4 is 6.09 Å². The van der Waals surface area contributed by atoms with Crippen molar-refractivity contribution in [3.8, 4) is 0 Å². The number of rotatable bonds is 1. The normalized spacial score (nSPS) is 23.4. The van der Waals surface area contributed by atoms with Crippen LogP contribution in [0.3, 0.4) is 0 Å². The van der Waals surface area contributed by atoms with E-state index in [4.69, 9.17) is 0 Å². The molecule has 1 atom stereocenters. The lowest BCUT2D eigenvalue weighted by atomic mass is 10.0. The maximum Gasteiger partial charge on any atom is 0.409 e. The Bertz CT molecular complexity index is 182. The summed E-state index contributed by atoms with van der Waals surface area (Å²) in [6.07, 6.45) is -0.216. The van der Waals surface area contributed by atoms with Gasteiger partial charge in [-0.25, -0.2) is 4.79 Å². The van der Waals surface area contributed by atoms with Gasteiger partial charge >= 0.3 is 6.09 Å². The average molecular weight is 186 g/mol. The van der Waals surface area contributed by atoms with Crippen LogP contribution in [-0.4, -0.2) is 43.8 Å². The van der Waals surface area contributed by atoms with Gasteiger partial charge < -0.3 is 15.0 Å². The van der Waals surface area contributed by atoms with Gasteiger partial charge in [0.2, 0.25) is 0 Å². The van der Waals surface area contributed by atoms with Crippen LogP contribution in [0, 0.1) is 5.92 Å². The molecular formula is C9H18N2O2. The SMILES string of the molecule is COC(=O)N1CCNC(C(C)C)C1. The lowest BCUT2D eigenvalue weighted by molar-refractivity contribution is 0.104. The second kappa shape index (κ2) is 4.46. The van der Waals surface area contributed by atoms with Crippen LogP contribution < -0.4 is 5.32 Å². The summed E-state index contributed by atoms with van der Waals surface area (Å²) in [6.45, 7) is 6.66. The summed E-state index contributed by atoms with van der Waals surface area (Å²) in [6, 6.07) is 0.396. The molecule has 0 spiro atoms. The molecule has 0 aromatic rings. The maximum atomic E-state index is 11.2. The van der Waals surface area contributed by atoms with Crippen molar-refractivity contribution in [2.75, 3.05) is 26.7 Å². The second-order valence-corrected chi connectivity index (χ2v) is 3.72. The Morgan fingerprint density at radius 3 is 2.85 bits per heavy atom. The molecule has 4 heteroatoms. The van der Waals surface area contributed by atoms with Crippen LogP contribution >= 0.6 is 0 Å². The van der Waals surface area contributed by atoms with Gasteiger partial charge in [0.15, 0.2) is 0 Å². The molecule has 1 aliphatic heterocycles. The molecule has 0 aromatic carbocycles. The van der Waals surface area contributed by atoms with Crippen LogP contribution in [0.25, 0.3) is 0 Å². The number of nitrogens with zero attached hydrogens (tertiary/aromatic N) is 1. The minimum atomic E-state index is -0.216. The minimum Gasteiger partial charge on any atom is -0.453 e. The van der Waals surface area contributed by atoms with Crippen molar-refractivity contribution < 1.29 is 9.53 Å². The average Bonchev–Trinajstić information content (AvgIpc) is 2.17. The van der Waals surface area contributed by atoms with E-state index in [1.54, 1.807) is 4.90 Å². The molecule has 0 aliphatic carbocycles. The predicted octanol–water partition coefficient (Wildman–Crippen LogP) is 0.683. The van der Waals surface area contributed by atoms with Gasteiger partial charge in [-0.1, -0.05) is 13.8 Å². The van der Waals surface area contributed by atoms with Crippen molar-refractivity contribution in [1.29, 1.82) is 0 Å². The third-order valence-corrected chi connectivity index (χ3v) is 2.44. The van der Waals surface area contributed by atoms with Gasteiger partial charge in [-0.15, -0.1) is 0 Å². The quantitative estimate of drug-likeness (QED) is 0.655. The fourth-order valence-electron chi connectivity index (χ4n) is 1.52. The van der Waals surface area contributed by atoms with Crippen LogP contribution in [0.4, 0.5) is 4.79 Å². The van der Waals surface area contributed by atoms with Crippen LogP contribution in [0.15, 0.2) is 0 Å². The Balaban J connectivity index is 2.46. The topological polar surface area (TPSA) is 41.6 Å². The first kappa shape index (κ1) is 10.3. The molecule has 76 valence electrons. The molecule has 1 saturated heterocycles. The highest BCUT2D eigenvalue weighted by molar-refractivity contribution is 5.67. The molecule has 0 aromatic heterocycles. The van der Waals surface area contributed by atoms with Gasteiger partial charge in [0.25, 0.3) is 0 Å². The zero-order valence-electron chi connectivity index (χ0n) is 8.54. The number of piperazine rings is 1. The van der Waals surface area contributed by atoms with Crippen LogP contribution in [0.1, 0.15) is 13.8 Å². The summed E-state index contributed by atoms with van der Waals surface area (Å²) in [4.78, 5) is 13.0. The summed E-state index contributed by atoms with van der Waals surface area (Å²) in [7, 11) is 1.43. The van der Waals surface area contributed by atoms with Crippen LogP contribution in [0.2, 0.25) is 0 Å². The number of carbonyl (C=O) groups is 1. The van der Waals surface area contributed by atoms with Crippen molar-refractivity contribution in [2.24, 2.45) is 5.92 Å². The summed E-state index contributed by atoms with van der Waals surface area (Å²) < 4.78 is 4.68. The Hall–Kier alpha value is -0.770. The maximum absolute atomic E-state index is 11.2. The molecule has 1 heterocycles. The molecule has 0 bridgehead atoms. The van der Waals surface area contributed by atoms with Gasteiger partial charge in [-0.05, 0) is 5.92 Å². The van der Waals surface area contributed by atoms with Gasteiger partial charge in [0.1, 0.15) is 0 Å². The molecule has 0 radical (unpaired) electrons. The zero-order valence-corrected chi connectivity index (χ0v) is 8.54. The Labute approximate surface area is 79.2 Å². The number of nitrogens with one attached hydrogen (secondary N) is 1. The lowest BCUT2D eigenvalue weighted by Crippen LogP contribution is -2.54. The molecular weight excluding hydrogens is 168 g/mol. The van der Waals surface area contributed by atoms with E-state index in [-0.39, 0.29) is 6.09 Å². The number of hydrogen-bond acceptors (Lipinski definition) is 3. The first-order valence-corrected chi connectivity index (χ1v) is 4.71. The highest BCUT2D eigenvalue weighted by Crippen LogP contribution is 2.08. The molecule has 4 nitrogen and oxygen atoms in total. The first-order valence-electron chi connectivity index (χ1n) is 4.71. The molecule has 1 amide bonds. The Morgan fingerprint density at radius 2 is 2.31 bits per heavy atom. The standard InChI is InChI=1S/C9H18N2O2/c1-7(2)8-6-11(5-4-10-8)9(12)13-3/h7-8,10H,4-6H2,1-3H3. The third kappa shape index (κ3) is 2.59. The van der Waals surface area contributed by atoms with Crippen molar-refractivity contribution in [3.63, 3.8) is 0 Å². The van der Waals surface area contributed by atoms with E-state index in [1.807, 2.05) is 0 Å². The molecule has 0 saturated carbocycles. The van der Waals surface area contributed by atoms with Crippen molar-refractivity contribution in [3.05, 3.63) is 0 Å². The molecule has 1 fully saturated rings. The van der Waals surface area contributed by atoms with Crippen LogP contribution in [0.5, 0.6) is 0 Å². The monoisotopic (exact) mass is 186 g/mol. The van der Waals surface area contributed by atoms with E-state index in [2.05, 4.69) is 23.9 Å². The molecule has 13 heavy (non-hydrogen) atoms. The summed E-state index contributed by atoms with van der Waals surface area (Å²) in [5.74, 6) is 0.549. The smallest absolute Gasteiger partial charge is 0.409 e. The van der Waals surface area contributed by atoms with Gasteiger partial charge in [0.05, 0.1) is 7.11 Å². The zero-order chi connectivity index (χ0) is 9.84. The summed E-state index contributed by atoms with van der Waals surface area (Å²) >= 11 is 0. The predicted molar refractivity (Wildman–Crippen MR) is 50.6 cm³/mol. The van der Waals surface area contributed by atoms with E-state index in [1.165, 1.54) is 7.11 Å². The number of amides is 1. The highest BCUT2D eigenvalue weighted by Gasteiger charge is 2.25. The number of methoxy groups -OCH3 is 1. The van der Waals surface area contributed by atoms with E-state index in [0.29, 0.717) is 12.0 Å². The Kier molecular flexibility index (Phi) is 3.54. The van der Waals surface area contributed by atoms with Gasteiger partial charge in [-0.2, -0.15) is 0 Å². The fourth-order valence-corrected chi connectivity index (χ4v) is 1.52. The Morgan fingerprint density at radius 1 is 1.62 bits per heavy atom. The molecule has 1 aliphatic rings. The fraction of sp³-hybridized carbons (Fsp3) is 0.889. The number of carbonyl (C=O) groups excluding carboxylic acids is 1. The van der Waals surface area contributed by atoms with E-state index < -0.39 is 0 Å². The van der Waals surface area contributed by atoms with E-state index in [9.17, 15) is 4.79 Å². The van der Waals surface area contributed by atoms with Crippen molar-refractivity contribution in [1.82, 2.24) is 10.2 Å². The second-order valence-electron chi connectivity index (χ2n) is 3.72. The molecule has 1 rings (SSSR count). The van der Waals surface area contributed by atoms with Gasteiger partial charge in [0, 0.05) is 25.7 Å². The summed E-state index contributed by atoms with van der Waals surface area (Å²) in [5, 5.41) is 3.38.